The van der Waals surface area contributed by atoms with Crippen molar-refractivity contribution >= 4 is 53.0 Å². The van der Waals surface area contributed by atoms with Crippen molar-refractivity contribution in [1.82, 2.24) is 0 Å². The van der Waals surface area contributed by atoms with E-state index in [1.165, 1.54) is 6.07 Å². The van der Waals surface area contributed by atoms with Crippen LogP contribution in [-0.4, -0.2) is 25.7 Å². The second-order valence-corrected chi connectivity index (χ2v) is 8.23. The van der Waals surface area contributed by atoms with Gasteiger partial charge in [-0.05, 0) is 22.0 Å². The van der Waals surface area contributed by atoms with Crippen molar-refractivity contribution in [2.24, 2.45) is 5.92 Å². The minimum atomic E-state index is -3.65. The number of benzene rings is 1. The summed E-state index contributed by atoms with van der Waals surface area (Å²) >= 11 is 8.85. The maximum atomic E-state index is 10.9. The third-order valence-electron chi connectivity index (χ3n) is 2.18. The van der Waals surface area contributed by atoms with Gasteiger partial charge >= 0.3 is 5.69 Å². The van der Waals surface area contributed by atoms with Crippen LogP contribution in [0.2, 0.25) is 5.02 Å². The van der Waals surface area contributed by atoms with Gasteiger partial charge in [-0.25, -0.2) is 8.42 Å². The summed E-state index contributed by atoms with van der Waals surface area (Å²) in [6, 6.07) is 2.61. The van der Waals surface area contributed by atoms with Crippen molar-refractivity contribution in [3.63, 3.8) is 0 Å². The summed E-state index contributed by atoms with van der Waals surface area (Å²) in [6.45, 7) is 1.57. The topological polar surface area (TPSA) is 86.5 Å². The summed E-state index contributed by atoms with van der Waals surface area (Å²) in [4.78, 5) is 10.3. The Bertz CT molecular complexity index is 622. The smallest absolute Gasteiger partial charge is 0.313 e. The molecule has 0 amide bonds. The molecule has 0 aliphatic carbocycles. The molecule has 20 heavy (non-hydrogen) atoms. The molecule has 112 valence electrons. The van der Waals surface area contributed by atoms with Gasteiger partial charge in [-0.1, -0.05) is 18.5 Å². The fraction of sp³-hybridized carbons (Fsp3) is 0.400. The molecule has 10 heteroatoms. The minimum Gasteiger partial charge on any atom is -0.486 e. The van der Waals surface area contributed by atoms with Crippen LogP contribution in [0.3, 0.4) is 0 Å². The lowest BCUT2D eigenvalue weighted by molar-refractivity contribution is -0.386. The van der Waals surface area contributed by atoms with E-state index in [1.54, 1.807) is 6.92 Å². The predicted octanol–water partition coefficient (Wildman–Crippen LogP) is 3.59. The van der Waals surface area contributed by atoms with Crippen LogP contribution in [-0.2, 0) is 9.05 Å². The number of ether oxygens (including phenoxy) is 1. The number of hydrogen-bond donors (Lipinski definition) is 0. The summed E-state index contributed by atoms with van der Waals surface area (Å²) in [5.74, 6) is -0.703. The zero-order valence-corrected chi connectivity index (χ0v) is 14.1. The van der Waals surface area contributed by atoms with Gasteiger partial charge in [0.15, 0.2) is 0 Å². The zero-order valence-electron chi connectivity index (χ0n) is 10.2. The maximum absolute atomic E-state index is 10.9. The molecule has 0 saturated heterocycles. The van der Waals surface area contributed by atoms with Crippen molar-refractivity contribution in [3.8, 4) is 5.75 Å². The molecule has 1 aromatic carbocycles. The van der Waals surface area contributed by atoms with Crippen molar-refractivity contribution in [2.75, 3.05) is 12.4 Å². The van der Waals surface area contributed by atoms with E-state index in [1.807, 2.05) is 0 Å². The van der Waals surface area contributed by atoms with Crippen molar-refractivity contribution in [2.45, 2.75) is 6.92 Å². The Balaban J connectivity index is 2.90. The summed E-state index contributed by atoms with van der Waals surface area (Å²) in [5.41, 5.74) is -0.301. The summed E-state index contributed by atoms with van der Waals surface area (Å²) in [7, 11) is 1.48. The number of rotatable bonds is 6. The number of nitro benzene ring substituents is 1. The van der Waals surface area contributed by atoms with Crippen LogP contribution < -0.4 is 4.74 Å². The van der Waals surface area contributed by atoms with Gasteiger partial charge in [0.05, 0.1) is 21.8 Å². The molecule has 0 aliphatic heterocycles. The third kappa shape index (κ3) is 5.43. The molecule has 0 aromatic heterocycles. The van der Waals surface area contributed by atoms with Gasteiger partial charge in [-0.15, -0.1) is 0 Å². The van der Waals surface area contributed by atoms with Gasteiger partial charge in [-0.3, -0.25) is 10.1 Å². The van der Waals surface area contributed by atoms with Crippen LogP contribution >= 0.6 is 38.2 Å². The third-order valence-corrected chi connectivity index (χ3v) is 4.33. The maximum Gasteiger partial charge on any atom is 0.313 e. The highest BCUT2D eigenvalue weighted by molar-refractivity contribution is 9.10. The normalized spacial score (nSPS) is 13.0. The summed E-state index contributed by atoms with van der Waals surface area (Å²) in [5, 5.41) is 11.1. The van der Waals surface area contributed by atoms with Crippen LogP contribution in [0.25, 0.3) is 0 Å². The first-order chi connectivity index (χ1) is 9.10. The Hall–Kier alpha value is -0.570. The molecule has 6 nitrogen and oxygen atoms in total. The molecule has 0 heterocycles. The Morgan fingerprint density at radius 2 is 2.10 bits per heavy atom. The Labute approximate surface area is 133 Å². The molecule has 0 saturated carbocycles. The molecule has 1 atom stereocenters. The first-order valence-corrected chi connectivity index (χ1v) is 8.93. The van der Waals surface area contributed by atoms with Crippen LogP contribution in [0, 0.1) is 16.0 Å². The van der Waals surface area contributed by atoms with Crippen molar-refractivity contribution in [1.29, 1.82) is 0 Å². The first kappa shape index (κ1) is 17.5. The molecular weight excluding hydrogens is 397 g/mol. The van der Waals surface area contributed by atoms with E-state index in [4.69, 9.17) is 27.0 Å². The number of halogens is 3. The standard InChI is InChI=1S/C10H10BrCl2NO5S/c1-6(5-20(13,17)18)4-19-10-8(11)2-7(12)3-9(10)14(15)16/h2-3,6H,4-5H2,1H3. The lowest BCUT2D eigenvalue weighted by atomic mass is 10.2. The van der Waals surface area contributed by atoms with E-state index in [9.17, 15) is 18.5 Å². The van der Waals surface area contributed by atoms with Crippen LogP contribution in [0.1, 0.15) is 6.92 Å². The Morgan fingerprint density at radius 1 is 1.50 bits per heavy atom. The second kappa shape index (κ2) is 6.93. The molecule has 0 radical (unpaired) electrons. The van der Waals surface area contributed by atoms with Gasteiger partial charge in [0, 0.05) is 27.7 Å². The monoisotopic (exact) mass is 405 g/mol. The fourth-order valence-corrected chi connectivity index (χ4v) is 3.77. The lowest BCUT2D eigenvalue weighted by Crippen LogP contribution is -2.17. The van der Waals surface area contributed by atoms with Crippen LogP contribution in [0.5, 0.6) is 5.75 Å². The quantitative estimate of drug-likeness (QED) is 0.409. The Morgan fingerprint density at radius 3 is 2.60 bits per heavy atom. The number of hydrogen-bond acceptors (Lipinski definition) is 5. The SMILES string of the molecule is CC(COc1c(Br)cc(Cl)cc1[N+](=O)[O-])CS(=O)(=O)Cl. The van der Waals surface area contributed by atoms with E-state index in [-0.39, 0.29) is 28.8 Å². The van der Waals surface area contributed by atoms with Crippen molar-refractivity contribution < 1.29 is 18.1 Å². The highest BCUT2D eigenvalue weighted by Crippen LogP contribution is 2.38. The molecule has 1 unspecified atom stereocenters. The Kier molecular flexibility index (Phi) is 6.06. The van der Waals surface area contributed by atoms with Gasteiger partial charge in [-0.2, -0.15) is 0 Å². The number of nitro groups is 1. The molecular formula is C10H10BrCl2NO5S. The summed E-state index contributed by atoms with van der Waals surface area (Å²) < 4.78 is 27.5. The minimum absolute atomic E-state index is 0.00165. The molecule has 0 bridgehead atoms. The van der Waals surface area contributed by atoms with Gasteiger partial charge in [0.1, 0.15) is 0 Å². The van der Waals surface area contributed by atoms with E-state index in [0.717, 1.165) is 6.07 Å². The van der Waals surface area contributed by atoms with Crippen molar-refractivity contribution in [3.05, 3.63) is 31.7 Å². The number of nitrogens with zero attached hydrogens (tertiary/aromatic N) is 1. The van der Waals surface area contributed by atoms with Gasteiger partial charge in [0.2, 0.25) is 14.8 Å². The second-order valence-electron chi connectivity index (χ2n) is 4.11. The molecule has 0 fully saturated rings. The molecule has 0 aliphatic rings. The highest BCUT2D eigenvalue weighted by atomic mass is 79.9. The largest absolute Gasteiger partial charge is 0.486 e. The average molecular weight is 407 g/mol. The first-order valence-electron chi connectivity index (χ1n) is 5.28. The zero-order chi connectivity index (χ0) is 15.5. The van der Waals surface area contributed by atoms with Crippen LogP contribution in [0.15, 0.2) is 16.6 Å². The molecule has 1 rings (SSSR count). The molecule has 1 aromatic rings. The molecule has 0 spiro atoms. The van der Waals surface area contributed by atoms with E-state index < -0.39 is 19.9 Å². The van der Waals surface area contributed by atoms with E-state index in [0.29, 0.717) is 4.47 Å². The van der Waals surface area contributed by atoms with Gasteiger partial charge in [0.25, 0.3) is 0 Å². The molecule has 0 N–H and O–H groups in total. The van der Waals surface area contributed by atoms with E-state index in [2.05, 4.69) is 15.9 Å². The average Bonchev–Trinajstić information content (AvgIpc) is 2.24. The van der Waals surface area contributed by atoms with E-state index >= 15 is 0 Å². The summed E-state index contributed by atoms with van der Waals surface area (Å²) in [6.07, 6.45) is 0. The lowest BCUT2D eigenvalue weighted by Gasteiger charge is -2.13. The highest BCUT2D eigenvalue weighted by Gasteiger charge is 2.21. The predicted molar refractivity (Wildman–Crippen MR) is 80.1 cm³/mol. The van der Waals surface area contributed by atoms with Crippen LogP contribution in [0.4, 0.5) is 5.69 Å². The fourth-order valence-electron chi connectivity index (χ4n) is 1.44. The van der Waals surface area contributed by atoms with Gasteiger partial charge < -0.3 is 4.74 Å².